The molecule has 0 atom stereocenters. The van der Waals surface area contributed by atoms with Gasteiger partial charge in [0, 0.05) is 24.4 Å². The molecule has 0 aromatic carbocycles. The number of hydrogen-bond donors (Lipinski definition) is 0. The van der Waals surface area contributed by atoms with Crippen LogP contribution in [0.4, 0.5) is 0 Å². The lowest BCUT2D eigenvalue weighted by Crippen LogP contribution is -1.99. The van der Waals surface area contributed by atoms with Gasteiger partial charge >= 0.3 is 0 Å². The zero-order valence-electron chi connectivity index (χ0n) is 8.10. The molecule has 0 amide bonds. The van der Waals surface area contributed by atoms with Gasteiger partial charge in [-0.25, -0.2) is 9.97 Å². The molecule has 0 N–H and O–H groups in total. The molecular weight excluding hydrogens is 254 g/mol. The van der Waals surface area contributed by atoms with Crippen LogP contribution in [0.5, 0.6) is 0 Å². The van der Waals surface area contributed by atoms with Crippen LogP contribution in [0.3, 0.4) is 0 Å². The Labute approximate surface area is 96.3 Å². The second kappa shape index (κ2) is 3.45. The Morgan fingerprint density at radius 2 is 1.93 bits per heavy atom. The van der Waals surface area contributed by atoms with E-state index < -0.39 is 0 Å². The van der Waals surface area contributed by atoms with Crippen LogP contribution in [0.2, 0.25) is 0 Å². The third-order valence-electron chi connectivity index (χ3n) is 2.57. The Morgan fingerprint density at radius 1 is 1.20 bits per heavy atom. The van der Waals surface area contributed by atoms with E-state index >= 15 is 0 Å². The van der Waals surface area contributed by atoms with E-state index in [0.717, 1.165) is 11.5 Å². The van der Waals surface area contributed by atoms with Crippen molar-refractivity contribution < 1.29 is 0 Å². The first kappa shape index (κ1) is 9.09. The zero-order chi connectivity index (χ0) is 10.3. The fourth-order valence-corrected chi connectivity index (χ4v) is 2.02. The van der Waals surface area contributed by atoms with Gasteiger partial charge in [0.15, 0.2) is 4.73 Å². The molecule has 0 bridgehead atoms. The lowest BCUT2D eigenvalue weighted by atomic mass is 10.3. The number of nitrogens with zero attached hydrogens (tertiary/aromatic N) is 3. The summed E-state index contributed by atoms with van der Waals surface area (Å²) in [4.78, 5) is 8.75. The lowest BCUT2D eigenvalue weighted by Gasteiger charge is -2.04. The Morgan fingerprint density at radius 3 is 2.60 bits per heavy atom. The first-order valence-electron chi connectivity index (χ1n) is 5.01. The van der Waals surface area contributed by atoms with Crippen LogP contribution in [0.15, 0.2) is 35.3 Å². The maximum Gasteiger partial charge on any atom is 0.198 e. The molecule has 1 aliphatic rings. The van der Waals surface area contributed by atoms with Gasteiger partial charge in [-0.3, -0.25) is 0 Å². The quantitative estimate of drug-likeness (QED) is 0.781. The standard InChI is InChI=1S/C11H10BrN3/c12-11-13-9(8-3-4-8)7-10(14-11)15-5-1-2-6-15/h1-2,5-8H,3-4H2. The first-order valence-corrected chi connectivity index (χ1v) is 5.80. The van der Waals surface area contributed by atoms with Gasteiger partial charge in [0.1, 0.15) is 5.82 Å². The zero-order valence-corrected chi connectivity index (χ0v) is 9.68. The molecule has 0 aliphatic heterocycles. The number of rotatable bonds is 2. The minimum Gasteiger partial charge on any atom is -0.309 e. The minimum atomic E-state index is 0.651. The third-order valence-corrected chi connectivity index (χ3v) is 2.92. The summed E-state index contributed by atoms with van der Waals surface area (Å²) in [5.41, 5.74) is 1.15. The van der Waals surface area contributed by atoms with Crippen LogP contribution in [-0.2, 0) is 0 Å². The second-order valence-corrected chi connectivity index (χ2v) is 4.49. The Hall–Kier alpha value is -1.16. The average Bonchev–Trinajstić information content (AvgIpc) is 2.93. The monoisotopic (exact) mass is 263 g/mol. The predicted octanol–water partition coefficient (Wildman–Crippen LogP) is 2.91. The summed E-state index contributed by atoms with van der Waals surface area (Å²) in [6.45, 7) is 0. The van der Waals surface area contributed by atoms with E-state index in [0.29, 0.717) is 10.7 Å². The Bertz CT molecular complexity index is 475. The number of hydrogen-bond acceptors (Lipinski definition) is 2. The smallest absolute Gasteiger partial charge is 0.198 e. The third kappa shape index (κ3) is 1.81. The SMILES string of the molecule is Brc1nc(C2CC2)cc(-n2cccc2)n1. The number of aromatic nitrogens is 3. The summed E-state index contributed by atoms with van der Waals surface area (Å²) in [5, 5.41) is 0. The maximum absolute atomic E-state index is 4.40. The molecule has 1 aliphatic carbocycles. The van der Waals surface area contributed by atoms with Crippen LogP contribution >= 0.6 is 15.9 Å². The van der Waals surface area contributed by atoms with Crippen LogP contribution in [0, 0.1) is 0 Å². The molecular formula is C11H10BrN3. The summed E-state index contributed by atoms with van der Waals surface area (Å²) in [5.74, 6) is 1.59. The molecule has 15 heavy (non-hydrogen) atoms. The molecule has 1 saturated carbocycles. The fourth-order valence-electron chi connectivity index (χ4n) is 1.63. The Kier molecular flexibility index (Phi) is 2.09. The van der Waals surface area contributed by atoms with Crippen molar-refractivity contribution in [3.05, 3.63) is 41.0 Å². The average molecular weight is 264 g/mol. The molecule has 0 unspecified atom stereocenters. The summed E-state index contributed by atoms with van der Waals surface area (Å²) < 4.78 is 2.67. The molecule has 0 saturated heterocycles. The minimum absolute atomic E-state index is 0.651. The predicted molar refractivity (Wildman–Crippen MR) is 61.0 cm³/mol. The van der Waals surface area contributed by atoms with Crippen molar-refractivity contribution in [3.8, 4) is 5.82 Å². The number of halogens is 1. The molecule has 2 aromatic rings. The maximum atomic E-state index is 4.40. The van der Waals surface area contributed by atoms with E-state index in [1.807, 2.05) is 29.1 Å². The van der Waals surface area contributed by atoms with Crippen molar-refractivity contribution in [2.75, 3.05) is 0 Å². The van der Waals surface area contributed by atoms with E-state index in [1.165, 1.54) is 12.8 Å². The molecule has 4 heteroatoms. The van der Waals surface area contributed by atoms with Gasteiger partial charge in [-0.2, -0.15) is 0 Å². The van der Waals surface area contributed by atoms with Crippen LogP contribution in [0.25, 0.3) is 5.82 Å². The normalized spacial score (nSPS) is 15.5. The topological polar surface area (TPSA) is 30.7 Å². The van der Waals surface area contributed by atoms with Gasteiger partial charge in [-0.05, 0) is 40.9 Å². The lowest BCUT2D eigenvalue weighted by molar-refractivity contribution is 0.908. The first-order chi connectivity index (χ1) is 7.33. The van der Waals surface area contributed by atoms with E-state index in [2.05, 4.69) is 32.0 Å². The summed E-state index contributed by atoms with van der Waals surface area (Å²) in [6, 6.07) is 6.06. The highest BCUT2D eigenvalue weighted by Gasteiger charge is 2.26. The molecule has 2 aromatic heterocycles. The van der Waals surface area contributed by atoms with Crippen molar-refractivity contribution in [3.63, 3.8) is 0 Å². The highest BCUT2D eigenvalue weighted by atomic mass is 79.9. The largest absolute Gasteiger partial charge is 0.309 e. The van der Waals surface area contributed by atoms with Gasteiger partial charge in [-0.15, -0.1) is 0 Å². The van der Waals surface area contributed by atoms with Crippen molar-refractivity contribution >= 4 is 15.9 Å². The van der Waals surface area contributed by atoms with Gasteiger partial charge in [0.25, 0.3) is 0 Å². The van der Waals surface area contributed by atoms with E-state index in [9.17, 15) is 0 Å². The van der Waals surface area contributed by atoms with Gasteiger partial charge < -0.3 is 4.57 Å². The van der Waals surface area contributed by atoms with Gasteiger partial charge in [0.05, 0.1) is 5.69 Å². The van der Waals surface area contributed by atoms with E-state index in [-0.39, 0.29) is 0 Å². The van der Waals surface area contributed by atoms with Crippen LogP contribution in [0.1, 0.15) is 24.5 Å². The molecule has 76 valence electrons. The van der Waals surface area contributed by atoms with Crippen molar-refractivity contribution in [2.45, 2.75) is 18.8 Å². The second-order valence-electron chi connectivity index (χ2n) is 3.78. The molecule has 1 fully saturated rings. The molecule has 0 radical (unpaired) electrons. The highest BCUT2D eigenvalue weighted by molar-refractivity contribution is 9.10. The van der Waals surface area contributed by atoms with E-state index in [1.54, 1.807) is 0 Å². The molecule has 0 spiro atoms. The van der Waals surface area contributed by atoms with Crippen LogP contribution in [-0.4, -0.2) is 14.5 Å². The molecule has 2 heterocycles. The van der Waals surface area contributed by atoms with Crippen LogP contribution < -0.4 is 0 Å². The Balaban J connectivity index is 2.07. The summed E-state index contributed by atoms with van der Waals surface area (Å²) in [6.07, 6.45) is 6.50. The van der Waals surface area contributed by atoms with Crippen molar-refractivity contribution in [2.24, 2.45) is 0 Å². The fraction of sp³-hybridized carbons (Fsp3) is 0.273. The van der Waals surface area contributed by atoms with Crippen molar-refractivity contribution in [1.29, 1.82) is 0 Å². The highest BCUT2D eigenvalue weighted by Crippen LogP contribution is 2.39. The summed E-state index contributed by atoms with van der Waals surface area (Å²) in [7, 11) is 0. The van der Waals surface area contributed by atoms with E-state index in [4.69, 9.17) is 0 Å². The van der Waals surface area contributed by atoms with Gasteiger partial charge in [0.2, 0.25) is 0 Å². The molecule has 3 nitrogen and oxygen atoms in total. The van der Waals surface area contributed by atoms with Crippen molar-refractivity contribution in [1.82, 2.24) is 14.5 Å². The van der Waals surface area contributed by atoms with Gasteiger partial charge in [-0.1, -0.05) is 0 Å². The summed E-state index contributed by atoms with van der Waals surface area (Å²) >= 11 is 3.36. The molecule has 3 rings (SSSR count).